The number of carbonyl (C=O) groups is 3. The van der Waals surface area contributed by atoms with E-state index in [0.29, 0.717) is 11.6 Å². The van der Waals surface area contributed by atoms with E-state index in [1.165, 1.54) is 6.08 Å². The van der Waals surface area contributed by atoms with Crippen molar-refractivity contribution < 1.29 is 14.4 Å². The fourth-order valence-corrected chi connectivity index (χ4v) is 3.62. The van der Waals surface area contributed by atoms with Gasteiger partial charge < -0.3 is 4.90 Å². The summed E-state index contributed by atoms with van der Waals surface area (Å²) in [5.74, 6) is -0.926. The van der Waals surface area contributed by atoms with Gasteiger partial charge in [-0.05, 0) is 67.7 Å². The van der Waals surface area contributed by atoms with Crippen molar-refractivity contribution in [1.29, 1.82) is 0 Å². The number of nitrogens with zero attached hydrogens (tertiary/aromatic N) is 2. The summed E-state index contributed by atoms with van der Waals surface area (Å²) < 4.78 is 0. The molecule has 1 heterocycles. The molecule has 1 N–H and O–H groups in total. The van der Waals surface area contributed by atoms with E-state index in [1.54, 1.807) is 12.1 Å². The zero-order valence-electron chi connectivity index (χ0n) is 18.5. The smallest absolute Gasteiger partial charge is 0.335 e. The summed E-state index contributed by atoms with van der Waals surface area (Å²) in [7, 11) is 0. The SMILES string of the molecule is CCC(C)c1ccc(N2C(=O)NC(=O)/C(=C/c3ccc(N(CC)CC)cc3)C2=O)cc1. The summed E-state index contributed by atoms with van der Waals surface area (Å²) in [6, 6.07) is 14.2. The maximum Gasteiger partial charge on any atom is 0.335 e. The van der Waals surface area contributed by atoms with Gasteiger partial charge in [0.2, 0.25) is 0 Å². The van der Waals surface area contributed by atoms with Crippen molar-refractivity contribution in [3.8, 4) is 0 Å². The monoisotopic (exact) mass is 419 g/mol. The predicted octanol–water partition coefficient (Wildman–Crippen LogP) is 4.71. The highest BCUT2D eigenvalue weighted by Gasteiger charge is 2.36. The fraction of sp³-hybridized carbons (Fsp3) is 0.320. The van der Waals surface area contributed by atoms with Crippen molar-refractivity contribution in [3.63, 3.8) is 0 Å². The molecule has 0 bridgehead atoms. The van der Waals surface area contributed by atoms with Gasteiger partial charge in [0.15, 0.2) is 0 Å². The molecule has 1 fully saturated rings. The molecule has 1 aliphatic rings. The van der Waals surface area contributed by atoms with Crippen LogP contribution in [0.5, 0.6) is 0 Å². The fourth-order valence-electron chi connectivity index (χ4n) is 3.62. The first-order chi connectivity index (χ1) is 14.9. The van der Waals surface area contributed by atoms with Crippen molar-refractivity contribution in [1.82, 2.24) is 5.32 Å². The van der Waals surface area contributed by atoms with Crippen molar-refractivity contribution >= 4 is 35.3 Å². The summed E-state index contributed by atoms with van der Waals surface area (Å²) in [6.45, 7) is 10.2. The Morgan fingerprint density at radius 2 is 1.55 bits per heavy atom. The number of barbiturate groups is 1. The van der Waals surface area contributed by atoms with Crippen LogP contribution in [-0.2, 0) is 9.59 Å². The zero-order chi connectivity index (χ0) is 22.5. The minimum absolute atomic E-state index is 0.0683. The summed E-state index contributed by atoms with van der Waals surface area (Å²) in [5, 5.41) is 2.28. The van der Waals surface area contributed by atoms with Crippen LogP contribution < -0.4 is 15.1 Å². The Kier molecular flexibility index (Phi) is 6.90. The van der Waals surface area contributed by atoms with Crippen LogP contribution in [0.15, 0.2) is 54.1 Å². The predicted molar refractivity (Wildman–Crippen MR) is 124 cm³/mol. The molecule has 162 valence electrons. The number of hydrogen-bond donors (Lipinski definition) is 1. The second kappa shape index (κ2) is 9.60. The molecule has 2 aromatic rings. The van der Waals surface area contributed by atoms with Crippen LogP contribution in [0.25, 0.3) is 6.08 Å². The van der Waals surface area contributed by atoms with E-state index in [2.05, 4.69) is 37.9 Å². The number of hydrogen-bond acceptors (Lipinski definition) is 4. The minimum atomic E-state index is -0.736. The van der Waals surface area contributed by atoms with Gasteiger partial charge in [-0.25, -0.2) is 9.69 Å². The third kappa shape index (κ3) is 4.68. The molecule has 0 saturated carbocycles. The second-order valence-electron chi connectivity index (χ2n) is 7.62. The number of anilines is 2. The highest BCUT2D eigenvalue weighted by Crippen LogP contribution is 2.26. The van der Waals surface area contributed by atoms with E-state index in [9.17, 15) is 14.4 Å². The number of nitrogens with one attached hydrogen (secondary N) is 1. The van der Waals surface area contributed by atoms with E-state index < -0.39 is 17.8 Å². The lowest BCUT2D eigenvalue weighted by Gasteiger charge is -2.26. The van der Waals surface area contributed by atoms with Gasteiger partial charge in [0.25, 0.3) is 11.8 Å². The molecule has 0 aromatic heterocycles. The lowest BCUT2D eigenvalue weighted by Crippen LogP contribution is -2.54. The topological polar surface area (TPSA) is 69.7 Å². The van der Waals surface area contributed by atoms with Crippen molar-refractivity contribution in [3.05, 3.63) is 65.2 Å². The van der Waals surface area contributed by atoms with E-state index in [0.717, 1.165) is 41.2 Å². The van der Waals surface area contributed by atoms with Crippen LogP contribution in [0.4, 0.5) is 16.2 Å². The summed E-state index contributed by atoms with van der Waals surface area (Å²) >= 11 is 0. The first kappa shape index (κ1) is 22.3. The first-order valence-electron chi connectivity index (χ1n) is 10.8. The van der Waals surface area contributed by atoms with Crippen molar-refractivity contribution in [2.45, 2.75) is 40.0 Å². The van der Waals surface area contributed by atoms with Crippen LogP contribution in [0.3, 0.4) is 0 Å². The molecule has 0 radical (unpaired) electrons. The molecule has 1 atom stereocenters. The first-order valence-corrected chi connectivity index (χ1v) is 10.8. The highest BCUT2D eigenvalue weighted by molar-refractivity contribution is 6.39. The van der Waals surface area contributed by atoms with Crippen LogP contribution in [0, 0.1) is 0 Å². The van der Waals surface area contributed by atoms with Gasteiger partial charge in [0.1, 0.15) is 5.57 Å². The average Bonchev–Trinajstić information content (AvgIpc) is 2.78. The Bertz CT molecular complexity index is 990. The van der Waals surface area contributed by atoms with Crippen LogP contribution >= 0.6 is 0 Å². The van der Waals surface area contributed by atoms with E-state index in [1.807, 2.05) is 36.4 Å². The van der Waals surface area contributed by atoms with E-state index in [4.69, 9.17) is 0 Å². The molecule has 2 aromatic carbocycles. The standard InChI is InChI=1S/C25H29N3O3/c1-5-17(4)19-10-14-21(15-11-19)28-24(30)22(23(29)26-25(28)31)16-18-8-12-20(13-9-18)27(6-2)7-3/h8-17H,5-7H2,1-4H3,(H,26,29,31)/b22-16-. The molecule has 31 heavy (non-hydrogen) atoms. The number of urea groups is 1. The molecular formula is C25H29N3O3. The van der Waals surface area contributed by atoms with Crippen molar-refractivity contribution in [2.24, 2.45) is 0 Å². The maximum atomic E-state index is 13.1. The Morgan fingerprint density at radius 3 is 2.10 bits per heavy atom. The van der Waals surface area contributed by atoms with Gasteiger partial charge >= 0.3 is 6.03 Å². The van der Waals surface area contributed by atoms with Gasteiger partial charge in [-0.2, -0.15) is 0 Å². The molecule has 3 rings (SSSR count). The van der Waals surface area contributed by atoms with Crippen LogP contribution in [0.1, 0.15) is 51.2 Å². The zero-order valence-corrected chi connectivity index (χ0v) is 18.5. The minimum Gasteiger partial charge on any atom is -0.372 e. The summed E-state index contributed by atoms with van der Waals surface area (Å²) in [4.78, 5) is 41.1. The molecule has 1 aliphatic heterocycles. The lowest BCUT2D eigenvalue weighted by molar-refractivity contribution is -0.122. The van der Waals surface area contributed by atoms with Crippen LogP contribution in [0.2, 0.25) is 0 Å². The summed E-state index contributed by atoms with van der Waals surface area (Å²) in [5.41, 5.74) is 3.29. The lowest BCUT2D eigenvalue weighted by atomic mass is 9.98. The van der Waals surface area contributed by atoms with Gasteiger partial charge in [-0.15, -0.1) is 0 Å². The maximum absolute atomic E-state index is 13.1. The third-order valence-corrected chi connectivity index (χ3v) is 5.77. The molecule has 0 aliphatic carbocycles. The Balaban J connectivity index is 1.88. The number of imide groups is 2. The second-order valence-corrected chi connectivity index (χ2v) is 7.62. The van der Waals surface area contributed by atoms with Gasteiger partial charge in [0, 0.05) is 18.8 Å². The summed E-state index contributed by atoms with van der Waals surface area (Å²) in [6.07, 6.45) is 2.52. The number of rotatable bonds is 7. The molecule has 1 unspecified atom stereocenters. The molecule has 0 spiro atoms. The largest absolute Gasteiger partial charge is 0.372 e. The number of benzene rings is 2. The van der Waals surface area contributed by atoms with Gasteiger partial charge in [-0.3, -0.25) is 14.9 Å². The van der Waals surface area contributed by atoms with E-state index in [-0.39, 0.29) is 5.57 Å². The average molecular weight is 420 g/mol. The molecule has 1 saturated heterocycles. The molecule has 6 nitrogen and oxygen atoms in total. The van der Waals surface area contributed by atoms with E-state index >= 15 is 0 Å². The number of carbonyl (C=O) groups excluding carboxylic acids is 3. The Labute approximate surface area is 183 Å². The van der Waals surface area contributed by atoms with Gasteiger partial charge in [-0.1, -0.05) is 38.1 Å². The molecule has 6 heteroatoms. The van der Waals surface area contributed by atoms with Crippen molar-refractivity contribution in [2.75, 3.05) is 22.9 Å². The highest BCUT2D eigenvalue weighted by atomic mass is 16.2. The van der Waals surface area contributed by atoms with Crippen LogP contribution in [-0.4, -0.2) is 30.9 Å². The Morgan fingerprint density at radius 1 is 0.935 bits per heavy atom. The normalized spacial score (nSPS) is 16.5. The number of amides is 4. The quantitative estimate of drug-likeness (QED) is 0.521. The van der Waals surface area contributed by atoms with Gasteiger partial charge in [0.05, 0.1) is 5.69 Å². The third-order valence-electron chi connectivity index (χ3n) is 5.77. The Hall–Kier alpha value is -3.41. The molecule has 4 amide bonds. The molecular weight excluding hydrogens is 390 g/mol.